The lowest BCUT2D eigenvalue weighted by Gasteiger charge is -2.34. The number of carbonyl (C=O) groups is 2. The van der Waals surface area contributed by atoms with Gasteiger partial charge in [-0.25, -0.2) is 9.18 Å². The number of halogens is 4. The number of hydrogen-bond acceptors (Lipinski definition) is 4. The highest BCUT2D eigenvalue weighted by atomic mass is 19.4. The monoisotopic (exact) mass is 438 g/mol. The molecule has 0 bridgehead atoms. The normalized spacial score (nSPS) is 16.8. The van der Waals surface area contributed by atoms with E-state index in [4.69, 9.17) is 5.26 Å². The first kappa shape index (κ1) is 22.1. The highest BCUT2D eigenvalue weighted by molar-refractivity contribution is 5.96. The molecular weight excluding hydrogens is 420 g/mol. The molecule has 1 aromatic heterocycles. The lowest BCUT2D eigenvalue weighted by molar-refractivity contribution is -0.149. The standard InChI is InChI=1S/C19H18F4N6O2/c1-10-8-29-16(14(7-25-29)17(30)26-11(2)19(21,22)23)9-28(10)18(31)27-13-3-4-15(20)12(5-13)6-24/h3-5,7,10-11H,8-9H2,1-2H3,(H,26,30)(H,27,31)/t10-,11+/m0/s1. The molecule has 8 nitrogen and oxygen atoms in total. The van der Waals surface area contributed by atoms with Crippen LogP contribution in [-0.4, -0.2) is 44.9 Å². The highest BCUT2D eigenvalue weighted by Crippen LogP contribution is 2.24. The van der Waals surface area contributed by atoms with Crippen LogP contribution in [0, 0.1) is 17.1 Å². The summed E-state index contributed by atoms with van der Waals surface area (Å²) < 4.78 is 53.2. The molecule has 3 amide bonds. The summed E-state index contributed by atoms with van der Waals surface area (Å²) in [6, 6.07) is 2.22. The zero-order chi connectivity index (χ0) is 22.9. The van der Waals surface area contributed by atoms with Gasteiger partial charge in [-0.1, -0.05) is 0 Å². The third kappa shape index (κ3) is 4.60. The number of amides is 3. The first-order valence-corrected chi connectivity index (χ1v) is 9.20. The van der Waals surface area contributed by atoms with Crippen molar-refractivity contribution in [2.45, 2.75) is 45.2 Å². The van der Waals surface area contributed by atoms with Crippen LogP contribution in [0.5, 0.6) is 0 Å². The number of carbonyl (C=O) groups excluding carboxylic acids is 2. The molecular formula is C19H18F4N6O2. The number of urea groups is 1. The number of benzene rings is 1. The molecule has 0 fully saturated rings. The van der Waals surface area contributed by atoms with Gasteiger partial charge in [0.25, 0.3) is 5.91 Å². The van der Waals surface area contributed by atoms with Crippen molar-refractivity contribution in [1.82, 2.24) is 20.0 Å². The first-order chi connectivity index (χ1) is 14.5. The summed E-state index contributed by atoms with van der Waals surface area (Å²) in [4.78, 5) is 26.5. The quantitative estimate of drug-likeness (QED) is 0.719. The van der Waals surface area contributed by atoms with Gasteiger partial charge < -0.3 is 15.5 Å². The molecule has 1 aliphatic heterocycles. The van der Waals surface area contributed by atoms with Crippen LogP contribution < -0.4 is 10.6 Å². The smallest absolute Gasteiger partial charge is 0.340 e. The molecule has 3 rings (SSSR count). The van der Waals surface area contributed by atoms with Gasteiger partial charge in [-0.3, -0.25) is 9.48 Å². The summed E-state index contributed by atoms with van der Waals surface area (Å²) in [5, 5.41) is 17.4. The van der Waals surface area contributed by atoms with Crippen molar-refractivity contribution < 1.29 is 27.2 Å². The summed E-state index contributed by atoms with van der Waals surface area (Å²) in [7, 11) is 0. The number of anilines is 1. The number of nitrogens with one attached hydrogen (secondary N) is 2. The lowest BCUT2D eigenvalue weighted by Crippen LogP contribution is -2.48. The molecule has 0 aliphatic carbocycles. The van der Waals surface area contributed by atoms with E-state index in [2.05, 4.69) is 10.4 Å². The third-order valence-electron chi connectivity index (χ3n) is 4.92. The van der Waals surface area contributed by atoms with Crippen molar-refractivity contribution in [3.05, 3.63) is 47.0 Å². The molecule has 0 unspecified atom stereocenters. The van der Waals surface area contributed by atoms with Crippen LogP contribution in [0.4, 0.5) is 28.0 Å². The minimum atomic E-state index is -4.60. The predicted octanol–water partition coefficient (Wildman–Crippen LogP) is 3.01. The molecule has 31 heavy (non-hydrogen) atoms. The third-order valence-corrected chi connectivity index (χ3v) is 4.92. The van der Waals surface area contributed by atoms with E-state index in [9.17, 15) is 27.2 Å². The minimum Gasteiger partial charge on any atom is -0.340 e. The van der Waals surface area contributed by atoms with Crippen LogP contribution in [0.2, 0.25) is 0 Å². The van der Waals surface area contributed by atoms with Gasteiger partial charge in [0.05, 0.1) is 42.1 Å². The van der Waals surface area contributed by atoms with E-state index in [0.29, 0.717) is 0 Å². The fourth-order valence-electron chi connectivity index (χ4n) is 3.10. The van der Waals surface area contributed by atoms with E-state index < -0.39 is 30.0 Å². The second kappa shape index (κ2) is 8.25. The zero-order valence-corrected chi connectivity index (χ0v) is 16.5. The van der Waals surface area contributed by atoms with Gasteiger partial charge in [0.1, 0.15) is 17.9 Å². The van der Waals surface area contributed by atoms with Crippen LogP contribution in [0.1, 0.15) is 35.5 Å². The molecule has 1 aliphatic rings. The number of hydrogen-bond donors (Lipinski definition) is 2. The van der Waals surface area contributed by atoms with E-state index in [-0.39, 0.29) is 41.6 Å². The van der Waals surface area contributed by atoms with Gasteiger partial charge in [-0.05, 0) is 32.0 Å². The van der Waals surface area contributed by atoms with Crippen molar-refractivity contribution in [3.8, 4) is 6.07 Å². The van der Waals surface area contributed by atoms with Gasteiger partial charge in [0, 0.05) is 5.69 Å². The second-order valence-corrected chi connectivity index (χ2v) is 7.14. The molecule has 164 valence electrons. The topological polar surface area (TPSA) is 103 Å². The maximum atomic E-state index is 13.5. The Morgan fingerprint density at radius 2 is 2.06 bits per heavy atom. The van der Waals surface area contributed by atoms with E-state index in [0.717, 1.165) is 13.0 Å². The maximum Gasteiger partial charge on any atom is 0.408 e. The Labute approximate surface area is 174 Å². The summed E-state index contributed by atoms with van der Waals surface area (Å²) in [5.74, 6) is -1.67. The van der Waals surface area contributed by atoms with Crippen molar-refractivity contribution in [2.24, 2.45) is 0 Å². The Balaban J connectivity index is 1.78. The van der Waals surface area contributed by atoms with Gasteiger partial charge in [0.15, 0.2) is 0 Å². The second-order valence-electron chi connectivity index (χ2n) is 7.14. The minimum absolute atomic E-state index is 0.0608. The van der Waals surface area contributed by atoms with Crippen molar-refractivity contribution >= 4 is 17.6 Å². The molecule has 0 radical (unpaired) electrons. The fourth-order valence-corrected chi connectivity index (χ4v) is 3.10. The molecule has 2 N–H and O–H groups in total. The first-order valence-electron chi connectivity index (χ1n) is 9.20. The van der Waals surface area contributed by atoms with Gasteiger partial charge in [-0.2, -0.15) is 23.5 Å². The molecule has 1 aromatic carbocycles. The number of nitriles is 1. The van der Waals surface area contributed by atoms with Crippen molar-refractivity contribution in [3.63, 3.8) is 0 Å². The van der Waals surface area contributed by atoms with Gasteiger partial charge in [-0.15, -0.1) is 0 Å². The SMILES string of the molecule is C[C@H]1Cn2ncc(C(=O)N[C@H](C)C(F)(F)F)c2CN1C(=O)Nc1ccc(F)c(C#N)c1. The average molecular weight is 438 g/mol. The van der Waals surface area contributed by atoms with Crippen LogP contribution in [-0.2, 0) is 13.1 Å². The Bertz CT molecular complexity index is 1060. The summed E-state index contributed by atoms with van der Waals surface area (Å²) in [6.45, 7) is 2.70. The van der Waals surface area contributed by atoms with Crippen molar-refractivity contribution in [2.75, 3.05) is 5.32 Å². The molecule has 0 saturated heterocycles. The largest absolute Gasteiger partial charge is 0.408 e. The molecule has 2 atom stereocenters. The predicted molar refractivity (Wildman–Crippen MR) is 100 cm³/mol. The maximum absolute atomic E-state index is 13.5. The summed E-state index contributed by atoms with van der Waals surface area (Å²) >= 11 is 0. The molecule has 2 heterocycles. The Hall–Kier alpha value is -3.62. The molecule has 0 spiro atoms. The van der Waals surface area contributed by atoms with Gasteiger partial charge in [0.2, 0.25) is 0 Å². The molecule has 12 heteroatoms. The zero-order valence-electron chi connectivity index (χ0n) is 16.5. The highest BCUT2D eigenvalue weighted by Gasteiger charge is 2.38. The van der Waals surface area contributed by atoms with Crippen LogP contribution >= 0.6 is 0 Å². The van der Waals surface area contributed by atoms with E-state index in [1.807, 2.05) is 5.32 Å². The summed E-state index contributed by atoms with van der Waals surface area (Å²) in [5.41, 5.74) is 0.192. The van der Waals surface area contributed by atoms with Crippen LogP contribution in [0.25, 0.3) is 0 Å². The number of rotatable bonds is 3. The fraction of sp³-hybridized carbons (Fsp3) is 0.368. The molecule has 2 aromatic rings. The van der Waals surface area contributed by atoms with Crippen molar-refractivity contribution in [1.29, 1.82) is 5.26 Å². The number of nitrogens with zero attached hydrogens (tertiary/aromatic N) is 4. The van der Waals surface area contributed by atoms with E-state index in [1.165, 1.54) is 27.9 Å². The van der Waals surface area contributed by atoms with E-state index in [1.54, 1.807) is 13.0 Å². The average Bonchev–Trinajstić information content (AvgIpc) is 3.10. The number of aromatic nitrogens is 2. The number of alkyl halides is 3. The van der Waals surface area contributed by atoms with Gasteiger partial charge >= 0.3 is 12.2 Å². The number of fused-ring (bicyclic) bond motifs is 1. The van der Waals surface area contributed by atoms with Crippen LogP contribution in [0.3, 0.4) is 0 Å². The van der Waals surface area contributed by atoms with Crippen LogP contribution in [0.15, 0.2) is 24.4 Å². The van der Waals surface area contributed by atoms with E-state index >= 15 is 0 Å². The molecule has 0 saturated carbocycles. The Morgan fingerprint density at radius 1 is 1.35 bits per heavy atom. The Morgan fingerprint density at radius 3 is 2.71 bits per heavy atom. The lowest BCUT2D eigenvalue weighted by atomic mass is 10.1. The summed E-state index contributed by atoms with van der Waals surface area (Å²) in [6.07, 6.45) is -3.43. The Kier molecular flexibility index (Phi) is 5.88.